The summed E-state index contributed by atoms with van der Waals surface area (Å²) < 4.78 is 0.442. The Labute approximate surface area is 304 Å². The highest BCUT2D eigenvalue weighted by atomic mass is 79.9. The summed E-state index contributed by atoms with van der Waals surface area (Å²) >= 11 is 3.14. The summed E-state index contributed by atoms with van der Waals surface area (Å²) in [7, 11) is 0. The summed E-state index contributed by atoms with van der Waals surface area (Å²) in [6.07, 6.45) is 2.80. The molecule has 6 N–H and O–H groups in total. The molecular weight excluding hydrogens is 694 g/mol. The minimum absolute atomic E-state index is 0.0933. The van der Waals surface area contributed by atoms with Crippen LogP contribution in [-0.4, -0.2) is 43.5 Å². The lowest BCUT2D eigenvalue weighted by Crippen LogP contribution is -2.34. The van der Waals surface area contributed by atoms with Gasteiger partial charge in [0.1, 0.15) is 5.84 Å². The Bertz CT molecular complexity index is 1800. The standard InChI is InChI=1S/C20H23N3O2.C13H13BrN2.C5H10O2.C2H6/c1-13(21)23(19(22)10-11-20(24)25)12-15-8-9-17(14-6-7-14)18-5-3-2-4-16(15)18;1-9-6-7-10(8-16-13(14)15)12-5-3-2-4-11(9)12;1-4(2)3-5(6)7;1-2/h2-5,8-9,14,21-22H,6-7,10-12H2,1H3,(H,24,25);2-7H,8H2,1H3,(H2,15,16);4H,3H2,1-2H3,(H,6,7);1-2H3. The molecule has 268 valence electrons. The lowest BCUT2D eigenvalue weighted by atomic mass is 9.96. The molecule has 0 saturated heterocycles. The molecule has 9 nitrogen and oxygen atoms in total. The fraction of sp³-hybridized carbons (Fsp3) is 0.375. The number of aliphatic imine (C=N–C) groups is 1. The zero-order valence-electron chi connectivity index (χ0n) is 30.1. The molecule has 0 spiro atoms. The van der Waals surface area contributed by atoms with Crippen LogP contribution >= 0.6 is 15.9 Å². The smallest absolute Gasteiger partial charge is 0.303 e. The van der Waals surface area contributed by atoms with E-state index in [9.17, 15) is 9.59 Å². The highest BCUT2D eigenvalue weighted by Crippen LogP contribution is 2.43. The van der Waals surface area contributed by atoms with Gasteiger partial charge < -0.3 is 20.8 Å². The number of fused-ring (bicyclic) bond motifs is 2. The van der Waals surface area contributed by atoms with Crippen LogP contribution in [0.3, 0.4) is 0 Å². The van der Waals surface area contributed by atoms with Crippen molar-refractivity contribution in [3.8, 4) is 0 Å². The van der Waals surface area contributed by atoms with Gasteiger partial charge in [0, 0.05) is 12.8 Å². The van der Waals surface area contributed by atoms with Gasteiger partial charge in [-0.1, -0.05) is 100 Å². The predicted octanol–water partition coefficient (Wildman–Crippen LogP) is 9.86. The number of aryl methyl sites for hydroxylation is 1. The number of hydrogen-bond donors (Lipinski definition) is 5. The molecule has 0 aromatic heterocycles. The first-order valence-corrected chi connectivity index (χ1v) is 17.8. The highest BCUT2D eigenvalue weighted by Gasteiger charge is 2.26. The summed E-state index contributed by atoms with van der Waals surface area (Å²) in [5.74, 6) is -0.275. The van der Waals surface area contributed by atoms with E-state index in [1.54, 1.807) is 11.8 Å². The van der Waals surface area contributed by atoms with E-state index in [1.807, 2.05) is 45.9 Å². The summed E-state index contributed by atoms with van der Waals surface area (Å²) in [5, 5.41) is 38.0. The van der Waals surface area contributed by atoms with Crippen LogP contribution in [0.15, 0.2) is 77.8 Å². The lowest BCUT2D eigenvalue weighted by Gasteiger charge is -2.25. The largest absolute Gasteiger partial charge is 0.481 e. The first kappa shape index (κ1) is 41.6. The Morgan fingerprint density at radius 1 is 0.860 bits per heavy atom. The highest BCUT2D eigenvalue weighted by molar-refractivity contribution is 9.18. The minimum Gasteiger partial charge on any atom is -0.481 e. The molecule has 0 aliphatic heterocycles. The van der Waals surface area contributed by atoms with E-state index in [2.05, 4.69) is 82.4 Å². The monoisotopic (exact) mass is 745 g/mol. The van der Waals surface area contributed by atoms with Gasteiger partial charge in [-0.3, -0.25) is 25.4 Å². The third-order valence-electron chi connectivity index (χ3n) is 7.92. The van der Waals surface area contributed by atoms with Gasteiger partial charge in [0.2, 0.25) is 0 Å². The van der Waals surface area contributed by atoms with Crippen molar-refractivity contribution >= 4 is 65.8 Å². The van der Waals surface area contributed by atoms with Crippen molar-refractivity contribution in [3.05, 3.63) is 95.1 Å². The van der Waals surface area contributed by atoms with Crippen LogP contribution in [0.25, 0.3) is 21.5 Å². The lowest BCUT2D eigenvalue weighted by molar-refractivity contribution is -0.138. The Hall–Kier alpha value is -4.57. The number of amidine groups is 3. The molecule has 1 fully saturated rings. The van der Waals surface area contributed by atoms with E-state index < -0.39 is 11.9 Å². The van der Waals surface area contributed by atoms with E-state index in [0.29, 0.717) is 23.8 Å². The topological polar surface area (TPSA) is 164 Å². The average Bonchev–Trinajstić information content (AvgIpc) is 3.92. The second-order valence-electron chi connectivity index (χ2n) is 12.4. The van der Waals surface area contributed by atoms with Gasteiger partial charge in [-0.05, 0) is 98.3 Å². The second-order valence-corrected chi connectivity index (χ2v) is 13.2. The van der Waals surface area contributed by atoms with Crippen molar-refractivity contribution < 1.29 is 19.8 Å². The SMILES string of the molecule is CC.CC(=N)N(Cc1ccc(C2CC2)c2ccccc12)C(=N)CCC(=O)O.CC(C)CC(=O)O.Cc1ccc(CN=C(N)Br)c2ccccc12. The molecule has 1 saturated carbocycles. The van der Waals surface area contributed by atoms with Crippen molar-refractivity contribution in [2.75, 3.05) is 0 Å². The molecule has 1 aliphatic rings. The van der Waals surface area contributed by atoms with Crippen LogP contribution in [0, 0.1) is 23.7 Å². The van der Waals surface area contributed by atoms with Gasteiger partial charge in [-0.25, -0.2) is 0 Å². The zero-order chi connectivity index (χ0) is 37.4. The number of carboxylic acids is 2. The van der Waals surface area contributed by atoms with Crippen LogP contribution < -0.4 is 5.73 Å². The van der Waals surface area contributed by atoms with Crippen LogP contribution in [0.5, 0.6) is 0 Å². The number of hydrogen-bond acceptors (Lipinski definition) is 5. The number of carboxylic acid groups (broad SMARTS) is 2. The van der Waals surface area contributed by atoms with Crippen LogP contribution in [0.2, 0.25) is 0 Å². The summed E-state index contributed by atoms with van der Waals surface area (Å²) in [6.45, 7) is 12.5. The molecule has 0 radical (unpaired) electrons. The number of nitrogens with one attached hydrogen (secondary N) is 2. The number of carbonyl (C=O) groups is 2. The number of nitrogens with zero attached hydrogens (tertiary/aromatic N) is 2. The molecule has 0 bridgehead atoms. The second kappa shape index (κ2) is 20.8. The summed E-state index contributed by atoms with van der Waals surface area (Å²) in [6, 6.07) is 25.2. The van der Waals surface area contributed by atoms with E-state index in [1.165, 1.54) is 45.7 Å². The van der Waals surface area contributed by atoms with E-state index >= 15 is 0 Å². The van der Waals surface area contributed by atoms with Crippen molar-refractivity contribution in [1.29, 1.82) is 10.8 Å². The molecule has 0 heterocycles. The first-order chi connectivity index (χ1) is 23.8. The summed E-state index contributed by atoms with van der Waals surface area (Å²) in [4.78, 5) is 26.3. The molecule has 50 heavy (non-hydrogen) atoms. The Balaban J connectivity index is 0.000000296. The molecule has 5 rings (SSSR count). The molecule has 0 atom stereocenters. The van der Waals surface area contributed by atoms with Crippen molar-refractivity contribution in [2.45, 2.75) is 92.7 Å². The van der Waals surface area contributed by atoms with Gasteiger partial charge in [-0.2, -0.15) is 0 Å². The fourth-order valence-electron chi connectivity index (χ4n) is 5.38. The number of benzene rings is 4. The van der Waals surface area contributed by atoms with Gasteiger partial charge in [0.05, 0.1) is 25.3 Å². The van der Waals surface area contributed by atoms with E-state index in [-0.39, 0.29) is 36.9 Å². The first-order valence-electron chi connectivity index (χ1n) is 17.0. The molecule has 1 aliphatic carbocycles. The number of aliphatic carboxylic acids is 2. The predicted molar refractivity (Wildman–Crippen MR) is 211 cm³/mol. The number of nitrogens with two attached hydrogens (primary N) is 1. The number of rotatable bonds is 10. The van der Waals surface area contributed by atoms with Crippen molar-refractivity contribution in [2.24, 2.45) is 16.6 Å². The third-order valence-corrected chi connectivity index (χ3v) is 8.17. The molecule has 10 heteroatoms. The van der Waals surface area contributed by atoms with Crippen LogP contribution in [0.1, 0.15) is 94.9 Å². The van der Waals surface area contributed by atoms with E-state index in [0.717, 1.165) is 10.9 Å². The van der Waals surface area contributed by atoms with E-state index in [4.69, 9.17) is 26.8 Å². The molecule has 0 unspecified atom stereocenters. The normalized spacial score (nSPS) is 12.1. The number of halogens is 1. The third kappa shape index (κ3) is 13.4. The van der Waals surface area contributed by atoms with Crippen LogP contribution in [0.4, 0.5) is 0 Å². The van der Waals surface area contributed by atoms with Gasteiger partial charge >= 0.3 is 11.9 Å². The maximum Gasteiger partial charge on any atom is 0.303 e. The van der Waals surface area contributed by atoms with Gasteiger partial charge in [-0.15, -0.1) is 0 Å². The Morgan fingerprint density at radius 3 is 1.88 bits per heavy atom. The van der Waals surface area contributed by atoms with Crippen LogP contribution in [-0.2, 0) is 22.7 Å². The Morgan fingerprint density at radius 2 is 1.40 bits per heavy atom. The zero-order valence-corrected chi connectivity index (χ0v) is 31.7. The average molecular weight is 747 g/mol. The Kier molecular flexibility index (Phi) is 17.3. The van der Waals surface area contributed by atoms with Crippen molar-refractivity contribution in [3.63, 3.8) is 0 Å². The minimum atomic E-state index is -0.924. The fourth-order valence-corrected chi connectivity index (χ4v) is 5.51. The molecule has 4 aromatic carbocycles. The molecule has 4 aromatic rings. The van der Waals surface area contributed by atoms with Crippen molar-refractivity contribution in [1.82, 2.24) is 4.90 Å². The van der Waals surface area contributed by atoms with Gasteiger partial charge in [0.25, 0.3) is 0 Å². The maximum absolute atomic E-state index is 10.8. The maximum atomic E-state index is 10.8. The van der Waals surface area contributed by atoms with Gasteiger partial charge in [0.15, 0.2) is 4.74 Å². The summed E-state index contributed by atoms with van der Waals surface area (Å²) in [5.41, 5.74) is 10.4. The molecule has 0 amide bonds. The molecular formula is C40H52BrN5O4. The quantitative estimate of drug-likeness (QED) is 0.0616.